The van der Waals surface area contributed by atoms with E-state index < -0.39 is 10.0 Å². The molecule has 1 aliphatic heterocycles. The smallest absolute Gasteiger partial charge is 0.244 e. The molecule has 1 fully saturated rings. The number of ether oxygens (including phenoxy) is 1. The second-order valence-corrected chi connectivity index (χ2v) is 6.62. The summed E-state index contributed by atoms with van der Waals surface area (Å²) in [4.78, 5) is 4.27. The average Bonchev–Trinajstić information content (AvgIpc) is 2.40. The molecule has 1 aliphatic rings. The van der Waals surface area contributed by atoms with E-state index in [0.717, 1.165) is 19.3 Å². The van der Waals surface area contributed by atoms with Gasteiger partial charge in [0, 0.05) is 18.7 Å². The highest BCUT2D eigenvalue weighted by Crippen LogP contribution is 2.25. The number of sulfonamides is 1. The lowest BCUT2D eigenvalue weighted by Crippen LogP contribution is -2.41. The molecule has 0 aromatic carbocycles. The molecule has 0 spiro atoms. The summed E-state index contributed by atoms with van der Waals surface area (Å²) in [7, 11) is -3.43. The highest BCUT2D eigenvalue weighted by atomic mass is 32.2. The van der Waals surface area contributed by atoms with Gasteiger partial charge in [-0.05, 0) is 32.8 Å². The van der Waals surface area contributed by atoms with E-state index in [9.17, 15) is 8.42 Å². The van der Waals surface area contributed by atoms with Gasteiger partial charge < -0.3 is 4.74 Å². The van der Waals surface area contributed by atoms with Crippen LogP contribution in [0.1, 0.15) is 33.1 Å². The molecule has 106 valence electrons. The highest BCUT2D eigenvalue weighted by molar-refractivity contribution is 7.89. The van der Waals surface area contributed by atoms with Crippen molar-refractivity contribution < 1.29 is 13.2 Å². The Balaban J connectivity index is 2.23. The summed E-state index contributed by atoms with van der Waals surface area (Å²) in [6, 6.07) is 3.23. The van der Waals surface area contributed by atoms with E-state index in [1.54, 1.807) is 16.4 Å². The van der Waals surface area contributed by atoms with Crippen molar-refractivity contribution in [1.82, 2.24) is 9.29 Å². The minimum Gasteiger partial charge on any atom is -0.478 e. The molecular weight excluding hydrogens is 264 g/mol. The van der Waals surface area contributed by atoms with Crippen LogP contribution in [0.25, 0.3) is 0 Å². The zero-order chi connectivity index (χ0) is 13.9. The van der Waals surface area contributed by atoms with Crippen LogP contribution in [0.2, 0.25) is 0 Å². The summed E-state index contributed by atoms with van der Waals surface area (Å²) in [5.41, 5.74) is 0. The Labute approximate surface area is 114 Å². The number of rotatable bonds is 4. The largest absolute Gasteiger partial charge is 0.478 e. The molecule has 6 heteroatoms. The predicted molar refractivity (Wildman–Crippen MR) is 72.6 cm³/mol. The molecule has 2 rings (SSSR count). The van der Waals surface area contributed by atoms with Crippen LogP contribution in [0.3, 0.4) is 0 Å². The van der Waals surface area contributed by atoms with E-state index in [2.05, 4.69) is 4.98 Å². The first-order chi connectivity index (χ1) is 9.05. The molecule has 1 unspecified atom stereocenters. The minimum atomic E-state index is -3.43. The van der Waals surface area contributed by atoms with Crippen LogP contribution in [0.15, 0.2) is 23.2 Å². The fraction of sp³-hybridized carbons (Fsp3) is 0.615. The number of nitrogens with zero attached hydrogens (tertiary/aromatic N) is 2. The van der Waals surface area contributed by atoms with Gasteiger partial charge in [-0.15, -0.1) is 0 Å². The van der Waals surface area contributed by atoms with Crippen molar-refractivity contribution >= 4 is 10.0 Å². The van der Waals surface area contributed by atoms with Gasteiger partial charge in [-0.1, -0.05) is 6.42 Å². The second kappa shape index (κ2) is 5.88. The summed E-state index contributed by atoms with van der Waals surface area (Å²) in [5.74, 6) is 0.452. The molecule has 19 heavy (non-hydrogen) atoms. The topological polar surface area (TPSA) is 59.5 Å². The summed E-state index contributed by atoms with van der Waals surface area (Å²) < 4.78 is 31.8. The Hall–Kier alpha value is -1.14. The molecule has 0 bridgehead atoms. The van der Waals surface area contributed by atoms with Gasteiger partial charge in [0.25, 0.3) is 0 Å². The number of piperidine rings is 1. The van der Waals surface area contributed by atoms with E-state index in [1.807, 2.05) is 13.8 Å². The molecule has 1 saturated heterocycles. The molecule has 0 radical (unpaired) electrons. The first kappa shape index (κ1) is 14.3. The standard InChI is InChI=1S/C13H20N2O3S/c1-3-18-13-8-7-12(10-14-13)19(16,17)15-9-5-4-6-11(15)2/h7-8,10-11H,3-6,9H2,1-2H3. The Morgan fingerprint density at radius 3 is 2.79 bits per heavy atom. The van der Waals surface area contributed by atoms with Crippen LogP contribution < -0.4 is 4.74 Å². The van der Waals surface area contributed by atoms with Crippen molar-refractivity contribution in [3.63, 3.8) is 0 Å². The maximum atomic E-state index is 12.5. The van der Waals surface area contributed by atoms with Crippen molar-refractivity contribution in [1.29, 1.82) is 0 Å². The third kappa shape index (κ3) is 3.06. The van der Waals surface area contributed by atoms with Gasteiger partial charge in [0.05, 0.1) is 12.8 Å². The zero-order valence-electron chi connectivity index (χ0n) is 11.4. The average molecular weight is 284 g/mol. The van der Waals surface area contributed by atoms with Gasteiger partial charge in [-0.25, -0.2) is 13.4 Å². The molecule has 1 atom stereocenters. The van der Waals surface area contributed by atoms with Gasteiger partial charge in [0.1, 0.15) is 4.90 Å². The highest BCUT2D eigenvalue weighted by Gasteiger charge is 2.31. The zero-order valence-corrected chi connectivity index (χ0v) is 12.2. The van der Waals surface area contributed by atoms with E-state index in [0.29, 0.717) is 19.0 Å². The Kier molecular flexibility index (Phi) is 4.42. The lowest BCUT2D eigenvalue weighted by molar-refractivity contribution is 0.268. The number of hydrogen-bond donors (Lipinski definition) is 0. The predicted octanol–water partition coefficient (Wildman–Crippen LogP) is 2.04. The van der Waals surface area contributed by atoms with Crippen molar-refractivity contribution in [2.75, 3.05) is 13.2 Å². The number of pyridine rings is 1. The molecule has 0 amide bonds. The monoisotopic (exact) mass is 284 g/mol. The van der Waals surface area contributed by atoms with Gasteiger partial charge in [-0.3, -0.25) is 0 Å². The Bertz CT molecular complexity index is 513. The maximum Gasteiger partial charge on any atom is 0.244 e. The van der Waals surface area contributed by atoms with Crippen molar-refractivity contribution in [3.8, 4) is 5.88 Å². The molecular formula is C13H20N2O3S. The maximum absolute atomic E-state index is 12.5. The van der Waals surface area contributed by atoms with E-state index in [1.165, 1.54) is 6.20 Å². The van der Waals surface area contributed by atoms with E-state index >= 15 is 0 Å². The first-order valence-corrected chi connectivity index (χ1v) is 8.10. The fourth-order valence-corrected chi connectivity index (χ4v) is 3.96. The molecule has 1 aromatic rings. The Morgan fingerprint density at radius 2 is 2.21 bits per heavy atom. The second-order valence-electron chi connectivity index (χ2n) is 4.73. The molecule has 1 aromatic heterocycles. The normalized spacial score (nSPS) is 21.3. The molecule has 5 nitrogen and oxygen atoms in total. The van der Waals surface area contributed by atoms with Crippen LogP contribution in [0.4, 0.5) is 0 Å². The van der Waals surface area contributed by atoms with E-state index in [-0.39, 0.29) is 10.9 Å². The number of hydrogen-bond acceptors (Lipinski definition) is 4. The third-order valence-electron chi connectivity index (χ3n) is 3.35. The van der Waals surface area contributed by atoms with Crippen LogP contribution >= 0.6 is 0 Å². The fourth-order valence-electron chi connectivity index (χ4n) is 2.32. The SMILES string of the molecule is CCOc1ccc(S(=O)(=O)N2CCCCC2C)cn1. The van der Waals surface area contributed by atoms with Crippen molar-refractivity contribution in [2.24, 2.45) is 0 Å². The van der Waals surface area contributed by atoms with Crippen molar-refractivity contribution in [3.05, 3.63) is 18.3 Å². The van der Waals surface area contributed by atoms with Crippen LogP contribution in [0, 0.1) is 0 Å². The lowest BCUT2D eigenvalue weighted by atomic mass is 10.1. The molecule has 2 heterocycles. The quantitative estimate of drug-likeness (QED) is 0.849. The van der Waals surface area contributed by atoms with Crippen LogP contribution in [-0.4, -0.2) is 36.9 Å². The van der Waals surface area contributed by atoms with Gasteiger partial charge in [0.2, 0.25) is 15.9 Å². The first-order valence-electron chi connectivity index (χ1n) is 6.66. The number of aromatic nitrogens is 1. The van der Waals surface area contributed by atoms with Gasteiger partial charge in [-0.2, -0.15) is 4.31 Å². The van der Waals surface area contributed by atoms with E-state index in [4.69, 9.17) is 4.74 Å². The third-order valence-corrected chi connectivity index (χ3v) is 5.35. The molecule has 0 N–H and O–H groups in total. The summed E-state index contributed by atoms with van der Waals surface area (Å²) >= 11 is 0. The molecule has 0 saturated carbocycles. The summed E-state index contributed by atoms with van der Waals surface area (Å²) in [5, 5.41) is 0. The van der Waals surface area contributed by atoms with Crippen LogP contribution in [-0.2, 0) is 10.0 Å². The lowest BCUT2D eigenvalue weighted by Gasteiger charge is -2.32. The van der Waals surface area contributed by atoms with Gasteiger partial charge >= 0.3 is 0 Å². The summed E-state index contributed by atoms with van der Waals surface area (Å²) in [6.07, 6.45) is 4.31. The summed E-state index contributed by atoms with van der Waals surface area (Å²) in [6.45, 7) is 4.93. The van der Waals surface area contributed by atoms with Crippen molar-refractivity contribution in [2.45, 2.75) is 44.0 Å². The van der Waals surface area contributed by atoms with Crippen LogP contribution in [0.5, 0.6) is 5.88 Å². The Morgan fingerprint density at radius 1 is 1.42 bits per heavy atom. The molecule has 0 aliphatic carbocycles. The van der Waals surface area contributed by atoms with Gasteiger partial charge in [0.15, 0.2) is 0 Å². The minimum absolute atomic E-state index is 0.0605.